The summed E-state index contributed by atoms with van der Waals surface area (Å²) in [7, 11) is 0. The third-order valence-corrected chi connectivity index (χ3v) is 3.80. The first-order valence-electron chi connectivity index (χ1n) is 8.90. The number of ether oxygens (including phenoxy) is 1. The van der Waals surface area contributed by atoms with Gasteiger partial charge in [-0.05, 0) is 6.42 Å². The molecular weight excluding hydrogens is 271 g/mol. The van der Waals surface area contributed by atoms with Crippen LogP contribution in [0.4, 0.5) is 0 Å². The summed E-state index contributed by atoms with van der Waals surface area (Å²) in [6, 6.07) is 0. The third kappa shape index (κ3) is 22.9. The SMILES string of the molecule is CCCCCCCCCCCCCCCCOC(C)=O.[Na]. The monoisotopic (exact) mass is 307 g/mol. The molecule has 0 amide bonds. The molecule has 121 valence electrons. The van der Waals surface area contributed by atoms with Gasteiger partial charge in [0.15, 0.2) is 0 Å². The summed E-state index contributed by atoms with van der Waals surface area (Å²) >= 11 is 0. The number of rotatable bonds is 15. The van der Waals surface area contributed by atoms with Crippen LogP contribution < -0.4 is 0 Å². The Labute approximate surface area is 155 Å². The molecule has 0 aliphatic carbocycles. The first-order valence-corrected chi connectivity index (χ1v) is 8.90. The van der Waals surface area contributed by atoms with E-state index in [0.29, 0.717) is 6.61 Å². The van der Waals surface area contributed by atoms with Crippen molar-refractivity contribution in [3.8, 4) is 0 Å². The van der Waals surface area contributed by atoms with Crippen LogP contribution in [0.25, 0.3) is 0 Å². The van der Waals surface area contributed by atoms with Gasteiger partial charge in [-0.1, -0.05) is 90.4 Å². The predicted molar refractivity (Wildman–Crippen MR) is 92.7 cm³/mol. The van der Waals surface area contributed by atoms with Crippen molar-refractivity contribution in [2.24, 2.45) is 0 Å². The second kappa shape index (κ2) is 20.5. The van der Waals surface area contributed by atoms with Crippen molar-refractivity contribution in [2.45, 2.75) is 104 Å². The molecule has 0 saturated heterocycles. The molecule has 0 fully saturated rings. The first-order chi connectivity index (χ1) is 9.77. The molecule has 0 unspecified atom stereocenters. The zero-order valence-corrected chi connectivity index (χ0v) is 16.9. The fourth-order valence-electron chi connectivity index (χ4n) is 2.51. The molecule has 0 bridgehead atoms. The maximum absolute atomic E-state index is 10.6. The van der Waals surface area contributed by atoms with Gasteiger partial charge in [0.2, 0.25) is 0 Å². The molecule has 1 radical (unpaired) electrons. The summed E-state index contributed by atoms with van der Waals surface area (Å²) in [5.41, 5.74) is 0. The summed E-state index contributed by atoms with van der Waals surface area (Å²) in [6.07, 6.45) is 19.0. The Morgan fingerprint density at radius 3 is 1.33 bits per heavy atom. The first kappa shape index (κ1) is 23.7. The van der Waals surface area contributed by atoms with Gasteiger partial charge in [0.05, 0.1) is 6.61 Å². The molecular formula is C18H36NaO2. The zero-order chi connectivity index (χ0) is 14.9. The van der Waals surface area contributed by atoms with Crippen molar-refractivity contribution in [3.63, 3.8) is 0 Å². The van der Waals surface area contributed by atoms with Crippen LogP contribution in [0.2, 0.25) is 0 Å². The van der Waals surface area contributed by atoms with Crippen molar-refractivity contribution in [2.75, 3.05) is 6.61 Å². The molecule has 21 heavy (non-hydrogen) atoms. The van der Waals surface area contributed by atoms with Crippen molar-refractivity contribution < 1.29 is 9.53 Å². The van der Waals surface area contributed by atoms with Gasteiger partial charge in [-0.3, -0.25) is 4.79 Å². The van der Waals surface area contributed by atoms with Crippen molar-refractivity contribution >= 4 is 35.5 Å². The predicted octanol–water partition coefficient (Wildman–Crippen LogP) is 5.65. The average Bonchev–Trinajstić information content (AvgIpc) is 2.43. The van der Waals surface area contributed by atoms with Gasteiger partial charge in [0.25, 0.3) is 0 Å². The standard InChI is InChI=1S/C18H36O2.Na/c1-3-4-5-6-7-8-9-10-11-12-13-14-15-16-17-20-18(2)19;/h3-17H2,1-2H3;. The summed E-state index contributed by atoms with van der Waals surface area (Å²) < 4.78 is 4.91. The molecule has 0 aliphatic heterocycles. The Kier molecular flexibility index (Phi) is 23.1. The summed E-state index contributed by atoms with van der Waals surface area (Å²) in [5, 5.41) is 0. The van der Waals surface area contributed by atoms with E-state index in [4.69, 9.17) is 4.74 Å². The fraction of sp³-hybridized carbons (Fsp3) is 0.944. The number of hydrogen-bond acceptors (Lipinski definition) is 2. The molecule has 0 spiro atoms. The van der Waals surface area contributed by atoms with Crippen molar-refractivity contribution in [1.82, 2.24) is 0 Å². The topological polar surface area (TPSA) is 26.3 Å². The Balaban J connectivity index is 0. The average molecular weight is 307 g/mol. The fourth-order valence-corrected chi connectivity index (χ4v) is 2.51. The van der Waals surface area contributed by atoms with E-state index >= 15 is 0 Å². The minimum Gasteiger partial charge on any atom is -0.466 e. The number of carbonyl (C=O) groups excluding carboxylic acids is 1. The minimum atomic E-state index is -0.153. The van der Waals surface area contributed by atoms with E-state index in [1.165, 1.54) is 90.4 Å². The van der Waals surface area contributed by atoms with E-state index < -0.39 is 0 Å². The van der Waals surface area contributed by atoms with E-state index in [0.717, 1.165) is 6.42 Å². The quantitative estimate of drug-likeness (QED) is 0.222. The zero-order valence-electron chi connectivity index (χ0n) is 14.9. The Morgan fingerprint density at radius 2 is 1.00 bits per heavy atom. The van der Waals surface area contributed by atoms with Gasteiger partial charge in [0.1, 0.15) is 0 Å². The Hall–Kier alpha value is 0.470. The van der Waals surface area contributed by atoms with Gasteiger partial charge in [0, 0.05) is 36.5 Å². The molecule has 0 aromatic rings. The van der Waals surface area contributed by atoms with Crippen LogP contribution in [-0.4, -0.2) is 42.1 Å². The molecule has 0 rings (SSSR count). The van der Waals surface area contributed by atoms with Crippen LogP contribution in [0.1, 0.15) is 104 Å². The van der Waals surface area contributed by atoms with Gasteiger partial charge in [-0.25, -0.2) is 0 Å². The maximum Gasteiger partial charge on any atom is 0.302 e. The van der Waals surface area contributed by atoms with Crippen molar-refractivity contribution in [3.05, 3.63) is 0 Å². The van der Waals surface area contributed by atoms with Crippen LogP contribution in [0, 0.1) is 0 Å². The second-order valence-electron chi connectivity index (χ2n) is 5.94. The third-order valence-electron chi connectivity index (χ3n) is 3.80. The molecule has 0 aromatic heterocycles. The molecule has 3 heteroatoms. The number of carbonyl (C=O) groups is 1. The van der Waals surface area contributed by atoms with Crippen LogP contribution >= 0.6 is 0 Å². The van der Waals surface area contributed by atoms with E-state index in [1.54, 1.807) is 0 Å². The second-order valence-corrected chi connectivity index (χ2v) is 5.94. The molecule has 0 atom stereocenters. The van der Waals surface area contributed by atoms with E-state index in [9.17, 15) is 4.79 Å². The normalized spacial score (nSPS) is 10.2. The summed E-state index contributed by atoms with van der Waals surface area (Å²) in [4.78, 5) is 10.6. The van der Waals surface area contributed by atoms with Crippen LogP contribution in [0.5, 0.6) is 0 Å². The maximum atomic E-state index is 10.6. The van der Waals surface area contributed by atoms with Gasteiger partial charge >= 0.3 is 5.97 Å². The molecule has 2 nitrogen and oxygen atoms in total. The van der Waals surface area contributed by atoms with Crippen molar-refractivity contribution in [1.29, 1.82) is 0 Å². The number of esters is 1. The Bertz CT molecular complexity index is 207. The minimum absolute atomic E-state index is 0. The van der Waals surface area contributed by atoms with Gasteiger partial charge in [-0.15, -0.1) is 0 Å². The van der Waals surface area contributed by atoms with E-state index in [-0.39, 0.29) is 35.5 Å². The Morgan fingerprint density at radius 1 is 0.667 bits per heavy atom. The number of unbranched alkanes of at least 4 members (excludes halogenated alkanes) is 13. The molecule has 0 saturated carbocycles. The smallest absolute Gasteiger partial charge is 0.302 e. The van der Waals surface area contributed by atoms with Crippen LogP contribution in [-0.2, 0) is 9.53 Å². The molecule has 0 heterocycles. The van der Waals surface area contributed by atoms with Crippen LogP contribution in [0.3, 0.4) is 0 Å². The van der Waals surface area contributed by atoms with Crippen LogP contribution in [0.15, 0.2) is 0 Å². The molecule has 0 aromatic carbocycles. The summed E-state index contributed by atoms with van der Waals surface area (Å²) in [5.74, 6) is -0.153. The molecule has 0 aliphatic rings. The van der Waals surface area contributed by atoms with E-state index in [1.807, 2.05) is 0 Å². The molecule has 0 N–H and O–H groups in total. The van der Waals surface area contributed by atoms with Gasteiger partial charge in [-0.2, -0.15) is 0 Å². The largest absolute Gasteiger partial charge is 0.466 e. The number of hydrogen-bond donors (Lipinski definition) is 0. The van der Waals surface area contributed by atoms with Gasteiger partial charge < -0.3 is 4.74 Å². The van der Waals surface area contributed by atoms with E-state index in [2.05, 4.69) is 6.92 Å². The summed E-state index contributed by atoms with van der Waals surface area (Å²) in [6.45, 7) is 4.35.